The monoisotopic (exact) mass is 388 g/mol. The fraction of sp³-hybridized carbons (Fsp3) is 0.524. The van der Waals surface area contributed by atoms with E-state index in [1.54, 1.807) is 7.11 Å². The van der Waals surface area contributed by atoms with Crippen molar-refractivity contribution in [3.8, 4) is 11.5 Å². The first kappa shape index (κ1) is 19.8. The van der Waals surface area contributed by atoms with Crippen molar-refractivity contribution >= 4 is 28.9 Å². The lowest BCUT2D eigenvalue weighted by atomic mass is 10.1. The van der Waals surface area contributed by atoms with Crippen LogP contribution in [0.15, 0.2) is 28.1 Å². The van der Waals surface area contributed by atoms with E-state index in [1.165, 1.54) is 31.0 Å². The third kappa shape index (κ3) is 5.28. The Bertz CT molecular complexity index is 737. The Labute approximate surface area is 165 Å². The summed E-state index contributed by atoms with van der Waals surface area (Å²) < 4.78 is 11.3. The summed E-state index contributed by atoms with van der Waals surface area (Å²) >= 11 is 1.47. The number of hydrogen-bond donors (Lipinski definition) is 0. The van der Waals surface area contributed by atoms with Gasteiger partial charge in [0, 0.05) is 13.1 Å². The predicted octanol–water partition coefficient (Wildman–Crippen LogP) is 4.58. The van der Waals surface area contributed by atoms with Gasteiger partial charge in [-0.1, -0.05) is 19.9 Å². The first-order chi connectivity index (χ1) is 13.1. The van der Waals surface area contributed by atoms with E-state index in [1.807, 2.05) is 24.3 Å². The average Bonchev–Trinajstić information content (AvgIpc) is 3.03. The van der Waals surface area contributed by atoms with Gasteiger partial charge in [0.05, 0.1) is 18.6 Å². The van der Waals surface area contributed by atoms with Crippen LogP contribution < -0.4 is 9.47 Å². The number of carbonyl (C=O) groups is 1. The van der Waals surface area contributed by atoms with Crippen LogP contribution in [0.2, 0.25) is 0 Å². The Kier molecular flexibility index (Phi) is 6.83. The van der Waals surface area contributed by atoms with Crippen molar-refractivity contribution in [2.75, 3.05) is 26.8 Å². The zero-order valence-corrected chi connectivity index (χ0v) is 17.2. The van der Waals surface area contributed by atoms with E-state index in [9.17, 15) is 4.79 Å². The molecule has 1 fully saturated rings. The second kappa shape index (κ2) is 9.31. The number of benzene rings is 1. The van der Waals surface area contributed by atoms with Crippen molar-refractivity contribution in [3.63, 3.8) is 0 Å². The molecule has 1 amide bonds. The molecule has 146 valence electrons. The van der Waals surface area contributed by atoms with Gasteiger partial charge < -0.3 is 14.4 Å². The van der Waals surface area contributed by atoms with E-state index in [-0.39, 0.29) is 5.91 Å². The van der Waals surface area contributed by atoms with Gasteiger partial charge in [-0.25, -0.2) is 0 Å². The molecule has 5 nitrogen and oxygen atoms in total. The number of amidine groups is 1. The fourth-order valence-electron chi connectivity index (χ4n) is 3.07. The lowest BCUT2D eigenvalue weighted by molar-refractivity contribution is -0.113. The minimum Gasteiger partial charge on any atom is -0.493 e. The smallest absolute Gasteiger partial charge is 0.286 e. The standard InChI is InChI=1S/C21H28N2O3S/c1-15(2)9-12-26-17-8-7-16(13-18(17)25-3)14-19-20(24)22-21(27-19)23-10-5-4-6-11-23/h7-8,13-15H,4-6,9-12H2,1-3H3/b19-14+. The van der Waals surface area contributed by atoms with Gasteiger partial charge in [-0.3, -0.25) is 4.79 Å². The number of nitrogens with zero attached hydrogens (tertiary/aromatic N) is 2. The molecule has 0 saturated carbocycles. The summed E-state index contributed by atoms with van der Waals surface area (Å²) in [5.74, 6) is 1.85. The van der Waals surface area contributed by atoms with Gasteiger partial charge in [0.1, 0.15) is 0 Å². The van der Waals surface area contributed by atoms with Crippen LogP contribution in [0.3, 0.4) is 0 Å². The lowest BCUT2D eigenvalue weighted by Gasteiger charge is -2.27. The molecule has 1 aromatic rings. The van der Waals surface area contributed by atoms with E-state index in [4.69, 9.17) is 9.47 Å². The predicted molar refractivity (Wildman–Crippen MR) is 111 cm³/mol. The molecular formula is C21H28N2O3S. The second-order valence-corrected chi connectivity index (χ2v) is 8.31. The van der Waals surface area contributed by atoms with Crippen LogP contribution in [0.5, 0.6) is 11.5 Å². The largest absolute Gasteiger partial charge is 0.493 e. The number of rotatable bonds is 6. The van der Waals surface area contributed by atoms with Gasteiger partial charge in [0.2, 0.25) is 0 Å². The molecule has 0 unspecified atom stereocenters. The third-order valence-electron chi connectivity index (χ3n) is 4.67. The van der Waals surface area contributed by atoms with E-state index in [2.05, 4.69) is 23.7 Å². The number of piperidine rings is 1. The van der Waals surface area contributed by atoms with E-state index < -0.39 is 0 Å². The van der Waals surface area contributed by atoms with Gasteiger partial charge in [-0.2, -0.15) is 4.99 Å². The summed E-state index contributed by atoms with van der Waals surface area (Å²) in [6, 6.07) is 5.76. The molecule has 0 bridgehead atoms. The summed E-state index contributed by atoms with van der Waals surface area (Å²) in [5.41, 5.74) is 0.911. The number of likely N-dealkylation sites (tertiary alicyclic amines) is 1. The van der Waals surface area contributed by atoms with Crippen molar-refractivity contribution in [1.29, 1.82) is 0 Å². The Morgan fingerprint density at radius 1 is 1.22 bits per heavy atom. The maximum Gasteiger partial charge on any atom is 0.286 e. The van der Waals surface area contributed by atoms with Gasteiger partial charge >= 0.3 is 0 Å². The summed E-state index contributed by atoms with van der Waals surface area (Å²) in [6.07, 6.45) is 6.48. The van der Waals surface area contributed by atoms with Crippen LogP contribution in [0.1, 0.15) is 45.1 Å². The topological polar surface area (TPSA) is 51.1 Å². The number of aliphatic imine (C=N–C) groups is 1. The van der Waals surface area contributed by atoms with Crippen molar-refractivity contribution in [2.45, 2.75) is 39.5 Å². The average molecular weight is 389 g/mol. The molecule has 0 aliphatic carbocycles. The van der Waals surface area contributed by atoms with Gasteiger partial charge in [0.15, 0.2) is 16.7 Å². The van der Waals surface area contributed by atoms with E-state index in [0.717, 1.165) is 36.0 Å². The molecule has 2 aliphatic heterocycles. The molecule has 0 radical (unpaired) electrons. The summed E-state index contributed by atoms with van der Waals surface area (Å²) in [4.78, 5) is 19.4. The number of thioether (sulfide) groups is 1. The maximum atomic E-state index is 12.3. The SMILES string of the molecule is COc1cc(/C=C2/SC(N3CCCCC3)=NC2=O)ccc1OCCC(C)C. The highest BCUT2D eigenvalue weighted by Gasteiger charge is 2.26. The van der Waals surface area contributed by atoms with Crippen LogP contribution >= 0.6 is 11.8 Å². The van der Waals surface area contributed by atoms with Crippen LogP contribution in [-0.4, -0.2) is 42.8 Å². The molecule has 6 heteroatoms. The number of carbonyl (C=O) groups excluding carboxylic acids is 1. The molecule has 0 aromatic heterocycles. The Hall–Kier alpha value is -1.95. The molecule has 2 aliphatic rings. The number of amides is 1. The number of hydrogen-bond acceptors (Lipinski definition) is 5. The summed E-state index contributed by atoms with van der Waals surface area (Å²) in [7, 11) is 1.63. The molecule has 27 heavy (non-hydrogen) atoms. The van der Waals surface area contributed by atoms with Crippen molar-refractivity contribution < 1.29 is 14.3 Å². The van der Waals surface area contributed by atoms with E-state index >= 15 is 0 Å². The second-order valence-electron chi connectivity index (χ2n) is 7.30. The van der Waals surface area contributed by atoms with Crippen LogP contribution in [0, 0.1) is 5.92 Å². The van der Waals surface area contributed by atoms with Crippen molar-refractivity contribution in [3.05, 3.63) is 28.7 Å². The normalized spacial score (nSPS) is 19.0. The van der Waals surface area contributed by atoms with Crippen molar-refractivity contribution in [1.82, 2.24) is 4.90 Å². The molecule has 0 N–H and O–H groups in total. The third-order valence-corrected chi connectivity index (χ3v) is 5.72. The Morgan fingerprint density at radius 3 is 2.70 bits per heavy atom. The molecule has 2 heterocycles. The highest BCUT2D eigenvalue weighted by Crippen LogP contribution is 2.34. The number of ether oxygens (including phenoxy) is 2. The quantitative estimate of drug-likeness (QED) is 0.668. The van der Waals surface area contributed by atoms with E-state index in [0.29, 0.717) is 23.2 Å². The van der Waals surface area contributed by atoms with Gasteiger partial charge in [-0.15, -0.1) is 0 Å². The summed E-state index contributed by atoms with van der Waals surface area (Å²) in [5, 5.41) is 0.839. The van der Waals surface area contributed by atoms with Gasteiger partial charge in [0.25, 0.3) is 5.91 Å². The molecule has 1 aromatic carbocycles. The molecule has 1 saturated heterocycles. The molecule has 0 atom stereocenters. The highest BCUT2D eigenvalue weighted by molar-refractivity contribution is 8.18. The minimum absolute atomic E-state index is 0.156. The van der Waals surface area contributed by atoms with Crippen LogP contribution in [0.4, 0.5) is 0 Å². The van der Waals surface area contributed by atoms with Crippen LogP contribution in [0.25, 0.3) is 6.08 Å². The fourth-order valence-corrected chi connectivity index (χ4v) is 4.03. The van der Waals surface area contributed by atoms with Gasteiger partial charge in [-0.05, 0) is 67.1 Å². The Morgan fingerprint density at radius 2 is 2.00 bits per heavy atom. The maximum absolute atomic E-state index is 12.3. The first-order valence-corrected chi connectivity index (χ1v) is 10.5. The minimum atomic E-state index is -0.156. The Balaban J connectivity index is 1.68. The molecule has 0 spiro atoms. The highest BCUT2D eigenvalue weighted by atomic mass is 32.2. The van der Waals surface area contributed by atoms with Crippen LogP contribution in [-0.2, 0) is 4.79 Å². The molecule has 3 rings (SSSR count). The zero-order valence-electron chi connectivity index (χ0n) is 16.4. The molecular weight excluding hydrogens is 360 g/mol. The van der Waals surface area contributed by atoms with Crippen molar-refractivity contribution in [2.24, 2.45) is 10.9 Å². The summed E-state index contributed by atoms with van der Waals surface area (Å²) in [6.45, 7) is 6.99. The lowest BCUT2D eigenvalue weighted by Crippen LogP contribution is -2.33. The zero-order chi connectivity index (χ0) is 19.2. The first-order valence-electron chi connectivity index (χ1n) is 9.65. The number of methoxy groups -OCH3 is 1.